The fraction of sp³-hybridized carbons (Fsp3) is 0.278. The number of hydrogen-bond acceptors (Lipinski definition) is 2. The maximum Gasteiger partial charge on any atom is 0.132 e. The third-order valence-electron chi connectivity index (χ3n) is 4.16. The van der Waals surface area contributed by atoms with E-state index in [2.05, 4.69) is 27.1 Å². The Morgan fingerprint density at radius 1 is 1.21 bits per heavy atom. The summed E-state index contributed by atoms with van der Waals surface area (Å²) in [5.41, 5.74) is 1.68. The van der Waals surface area contributed by atoms with Gasteiger partial charge in [-0.2, -0.15) is 5.10 Å². The topological polar surface area (TPSA) is 20.0 Å². The zero-order valence-electron chi connectivity index (χ0n) is 13.2. The lowest BCUT2D eigenvalue weighted by atomic mass is 10.2. The van der Waals surface area contributed by atoms with Gasteiger partial charge in [0.1, 0.15) is 12.4 Å². The van der Waals surface area contributed by atoms with Crippen LogP contribution in [-0.4, -0.2) is 37.4 Å². The van der Waals surface area contributed by atoms with E-state index >= 15 is 0 Å². The van der Waals surface area contributed by atoms with Crippen LogP contribution < -0.4 is 4.90 Å². The summed E-state index contributed by atoms with van der Waals surface area (Å²) in [5.74, 6) is -0.259. The predicted octanol–water partition coefficient (Wildman–Crippen LogP) is 2.98. The molecule has 2 aromatic carbocycles. The van der Waals surface area contributed by atoms with Crippen LogP contribution in [0.2, 0.25) is 5.02 Å². The smallest absolute Gasteiger partial charge is 0.132 e. The first-order chi connectivity index (χ1) is 11.6. The predicted molar refractivity (Wildman–Crippen MR) is 99.1 cm³/mol. The van der Waals surface area contributed by atoms with Gasteiger partial charge in [-0.05, 0) is 24.3 Å². The van der Waals surface area contributed by atoms with Crippen molar-refractivity contribution in [1.29, 1.82) is 0 Å². The number of nitrogens with one attached hydrogen (secondary N) is 1. The summed E-state index contributed by atoms with van der Waals surface area (Å²) < 4.78 is 14.6. The van der Waals surface area contributed by atoms with Crippen LogP contribution in [0.4, 0.5) is 4.39 Å². The third kappa shape index (κ3) is 4.56. The van der Waals surface area contributed by atoms with Gasteiger partial charge in [0.05, 0.1) is 32.4 Å². The number of piperazine rings is 1. The largest absolute Gasteiger partial charge is 0.328 e. The molecule has 0 aliphatic carbocycles. The molecule has 1 fully saturated rings. The van der Waals surface area contributed by atoms with Crippen molar-refractivity contribution in [2.75, 3.05) is 26.2 Å². The SMILES string of the molecule is Fc1ccc(Br)cc1C=NN1CC[NH+](Cc2ccccc2Cl)CC1. The number of benzene rings is 2. The maximum absolute atomic E-state index is 13.7. The van der Waals surface area contributed by atoms with Crippen LogP contribution in [0.1, 0.15) is 11.1 Å². The number of quaternary nitrogens is 1. The van der Waals surface area contributed by atoms with Crippen molar-refractivity contribution in [2.45, 2.75) is 6.54 Å². The summed E-state index contributed by atoms with van der Waals surface area (Å²) in [5, 5.41) is 7.25. The fourth-order valence-electron chi connectivity index (χ4n) is 2.77. The molecule has 2 aromatic rings. The number of halogens is 3. The van der Waals surface area contributed by atoms with E-state index in [0.717, 1.165) is 42.2 Å². The van der Waals surface area contributed by atoms with Gasteiger partial charge in [0, 0.05) is 20.6 Å². The standard InChI is InChI=1S/C18H18BrClFN3/c19-16-5-6-18(21)15(11-16)12-22-24-9-7-23(8-10-24)13-14-3-1-2-4-17(14)20/h1-6,11-12H,7-10,13H2/p+1. The molecule has 3 rings (SSSR count). The molecule has 0 aromatic heterocycles. The Bertz CT molecular complexity index is 730. The highest BCUT2D eigenvalue weighted by molar-refractivity contribution is 9.10. The second kappa shape index (κ2) is 8.10. The molecule has 0 amide bonds. The Kier molecular flexibility index (Phi) is 5.87. The van der Waals surface area contributed by atoms with E-state index in [1.165, 1.54) is 16.5 Å². The summed E-state index contributed by atoms with van der Waals surface area (Å²) in [7, 11) is 0. The minimum Gasteiger partial charge on any atom is -0.328 e. The van der Waals surface area contributed by atoms with Crippen molar-refractivity contribution in [3.63, 3.8) is 0 Å². The molecule has 0 saturated carbocycles. The van der Waals surface area contributed by atoms with Crippen LogP contribution in [0.5, 0.6) is 0 Å². The van der Waals surface area contributed by atoms with Crippen molar-refractivity contribution < 1.29 is 9.29 Å². The lowest BCUT2D eigenvalue weighted by Gasteiger charge is -2.30. The molecule has 1 aliphatic heterocycles. The Balaban J connectivity index is 1.54. The van der Waals surface area contributed by atoms with Gasteiger partial charge >= 0.3 is 0 Å². The summed E-state index contributed by atoms with van der Waals surface area (Å²) in [6.45, 7) is 4.61. The van der Waals surface area contributed by atoms with E-state index < -0.39 is 0 Å². The molecular weight excluding hydrogens is 393 g/mol. The quantitative estimate of drug-likeness (QED) is 0.767. The minimum atomic E-state index is -0.259. The fourth-order valence-corrected chi connectivity index (χ4v) is 3.35. The van der Waals surface area contributed by atoms with E-state index in [4.69, 9.17) is 11.6 Å². The molecule has 24 heavy (non-hydrogen) atoms. The highest BCUT2D eigenvalue weighted by Crippen LogP contribution is 2.15. The molecule has 0 atom stereocenters. The van der Waals surface area contributed by atoms with Crippen LogP contribution in [0.3, 0.4) is 0 Å². The minimum absolute atomic E-state index is 0.259. The molecule has 1 saturated heterocycles. The molecule has 3 nitrogen and oxygen atoms in total. The molecular formula is C18H19BrClFN3+. The zero-order valence-corrected chi connectivity index (χ0v) is 15.5. The number of rotatable bonds is 4. The molecule has 0 spiro atoms. The molecule has 6 heteroatoms. The van der Waals surface area contributed by atoms with Gasteiger partial charge in [0.25, 0.3) is 0 Å². The van der Waals surface area contributed by atoms with Crippen molar-refractivity contribution in [2.24, 2.45) is 5.10 Å². The normalized spacial score (nSPS) is 16.0. The molecule has 1 heterocycles. The van der Waals surface area contributed by atoms with Gasteiger partial charge in [-0.3, -0.25) is 5.01 Å². The zero-order chi connectivity index (χ0) is 16.9. The molecule has 1 N–H and O–H groups in total. The number of hydrogen-bond donors (Lipinski definition) is 1. The Morgan fingerprint density at radius 3 is 2.71 bits per heavy atom. The van der Waals surface area contributed by atoms with E-state index in [9.17, 15) is 4.39 Å². The van der Waals surface area contributed by atoms with E-state index in [0.29, 0.717) is 5.56 Å². The Hall–Kier alpha value is -1.43. The van der Waals surface area contributed by atoms with Gasteiger partial charge in [0.2, 0.25) is 0 Å². The summed E-state index contributed by atoms with van der Waals surface area (Å²) in [6, 6.07) is 12.8. The molecule has 1 aliphatic rings. The second-order valence-corrected chi connectivity index (χ2v) is 7.21. The number of hydrazone groups is 1. The van der Waals surface area contributed by atoms with Crippen molar-refractivity contribution >= 4 is 33.7 Å². The van der Waals surface area contributed by atoms with Gasteiger partial charge in [-0.25, -0.2) is 4.39 Å². The average molecular weight is 412 g/mol. The first-order valence-corrected chi connectivity index (χ1v) is 9.10. The third-order valence-corrected chi connectivity index (χ3v) is 5.03. The summed E-state index contributed by atoms with van der Waals surface area (Å²) in [4.78, 5) is 1.49. The van der Waals surface area contributed by atoms with Crippen LogP contribution in [0.15, 0.2) is 52.0 Å². The van der Waals surface area contributed by atoms with Crippen molar-refractivity contribution in [3.8, 4) is 0 Å². The van der Waals surface area contributed by atoms with Crippen LogP contribution in [0, 0.1) is 5.82 Å². The van der Waals surface area contributed by atoms with Gasteiger partial charge < -0.3 is 4.90 Å². The second-order valence-electron chi connectivity index (χ2n) is 5.88. The average Bonchev–Trinajstić information content (AvgIpc) is 2.59. The van der Waals surface area contributed by atoms with Crippen molar-refractivity contribution in [3.05, 3.63) is 68.9 Å². The lowest BCUT2D eigenvalue weighted by Crippen LogP contribution is -3.13. The molecule has 0 bridgehead atoms. The summed E-state index contributed by atoms with van der Waals surface area (Å²) in [6.07, 6.45) is 1.60. The maximum atomic E-state index is 13.7. The monoisotopic (exact) mass is 410 g/mol. The highest BCUT2D eigenvalue weighted by Gasteiger charge is 2.19. The lowest BCUT2D eigenvalue weighted by molar-refractivity contribution is -0.918. The highest BCUT2D eigenvalue weighted by atomic mass is 79.9. The van der Waals surface area contributed by atoms with Gasteiger partial charge in [0.15, 0.2) is 0 Å². The van der Waals surface area contributed by atoms with Crippen LogP contribution >= 0.6 is 27.5 Å². The van der Waals surface area contributed by atoms with Crippen LogP contribution in [-0.2, 0) is 6.54 Å². The molecule has 126 valence electrons. The number of nitrogens with zero attached hydrogens (tertiary/aromatic N) is 2. The first kappa shape index (κ1) is 17.4. The van der Waals surface area contributed by atoms with Gasteiger partial charge in [-0.1, -0.05) is 45.7 Å². The molecule has 0 radical (unpaired) electrons. The van der Waals surface area contributed by atoms with Gasteiger partial charge in [-0.15, -0.1) is 0 Å². The Morgan fingerprint density at radius 2 is 1.96 bits per heavy atom. The van der Waals surface area contributed by atoms with E-state index in [-0.39, 0.29) is 5.82 Å². The van der Waals surface area contributed by atoms with Crippen LogP contribution in [0.25, 0.3) is 0 Å². The summed E-state index contributed by atoms with van der Waals surface area (Å²) >= 11 is 9.58. The van der Waals surface area contributed by atoms with Crippen molar-refractivity contribution in [1.82, 2.24) is 5.01 Å². The van der Waals surface area contributed by atoms with E-state index in [1.807, 2.05) is 23.2 Å². The Labute approximate surface area is 154 Å². The van der Waals surface area contributed by atoms with E-state index in [1.54, 1.807) is 18.3 Å². The molecule has 0 unspecified atom stereocenters. The first-order valence-electron chi connectivity index (χ1n) is 7.93.